The summed E-state index contributed by atoms with van der Waals surface area (Å²) in [5, 5.41) is 13.1. The molecule has 1 amide bonds. The van der Waals surface area contributed by atoms with E-state index in [4.69, 9.17) is 0 Å². The van der Waals surface area contributed by atoms with Gasteiger partial charge >= 0.3 is 0 Å². The fourth-order valence-corrected chi connectivity index (χ4v) is 2.37. The highest BCUT2D eigenvalue weighted by Crippen LogP contribution is 2.47. The molecule has 2 aromatic rings. The summed E-state index contributed by atoms with van der Waals surface area (Å²) in [6, 6.07) is 16.7. The second-order valence-corrected chi connectivity index (χ2v) is 5.19. The Morgan fingerprint density at radius 2 is 1.86 bits per heavy atom. The van der Waals surface area contributed by atoms with E-state index in [2.05, 4.69) is 22.7 Å². The van der Waals surface area contributed by atoms with Gasteiger partial charge in [0, 0.05) is 5.92 Å². The molecule has 2 N–H and O–H groups in total. The van der Waals surface area contributed by atoms with E-state index < -0.39 is 0 Å². The quantitative estimate of drug-likeness (QED) is 0.668. The molecule has 2 atom stereocenters. The molecule has 0 unspecified atom stereocenters. The van der Waals surface area contributed by atoms with E-state index in [9.17, 15) is 9.90 Å². The molecule has 0 saturated heterocycles. The Balaban J connectivity index is 1.53. The summed E-state index contributed by atoms with van der Waals surface area (Å²) in [6.07, 6.45) is 2.45. The van der Waals surface area contributed by atoms with Crippen LogP contribution in [0.15, 0.2) is 59.7 Å². The number of hydrogen-bond acceptors (Lipinski definition) is 3. The second kappa shape index (κ2) is 5.79. The first-order chi connectivity index (χ1) is 10.2. The van der Waals surface area contributed by atoms with Gasteiger partial charge in [0.05, 0.1) is 6.21 Å². The molecule has 0 aliphatic heterocycles. The van der Waals surface area contributed by atoms with E-state index in [0.29, 0.717) is 5.92 Å². The molecule has 106 valence electrons. The molecule has 1 saturated carbocycles. The monoisotopic (exact) mass is 280 g/mol. The zero-order valence-corrected chi connectivity index (χ0v) is 11.4. The van der Waals surface area contributed by atoms with Crippen molar-refractivity contribution in [3.8, 4) is 5.75 Å². The van der Waals surface area contributed by atoms with Gasteiger partial charge < -0.3 is 5.11 Å². The predicted octanol–water partition coefficient (Wildman–Crippen LogP) is 2.65. The average molecular weight is 280 g/mol. The minimum atomic E-state index is -0.0427. The number of hydrogen-bond donors (Lipinski definition) is 2. The van der Waals surface area contributed by atoms with Crippen molar-refractivity contribution in [3.05, 3.63) is 65.7 Å². The van der Waals surface area contributed by atoms with E-state index in [1.807, 2.05) is 18.2 Å². The summed E-state index contributed by atoms with van der Waals surface area (Å²) in [4.78, 5) is 12.0. The zero-order chi connectivity index (χ0) is 14.7. The van der Waals surface area contributed by atoms with Crippen LogP contribution in [0.5, 0.6) is 5.75 Å². The van der Waals surface area contributed by atoms with Gasteiger partial charge in [-0.1, -0.05) is 30.3 Å². The van der Waals surface area contributed by atoms with Gasteiger partial charge in [0.25, 0.3) is 0 Å². The molecular formula is C17H16N2O2. The fraction of sp³-hybridized carbons (Fsp3) is 0.176. The summed E-state index contributed by atoms with van der Waals surface area (Å²) >= 11 is 0. The van der Waals surface area contributed by atoms with Crippen LogP contribution in [0, 0.1) is 5.92 Å². The van der Waals surface area contributed by atoms with Crippen molar-refractivity contribution in [2.24, 2.45) is 11.0 Å². The van der Waals surface area contributed by atoms with Crippen LogP contribution >= 0.6 is 0 Å². The Kier molecular flexibility index (Phi) is 3.69. The number of rotatable bonds is 4. The van der Waals surface area contributed by atoms with Crippen molar-refractivity contribution < 1.29 is 9.90 Å². The van der Waals surface area contributed by atoms with Crippen LogP contribution < -0.4 is 5.43 Å². The van der Waals surface area contributed by atoms with Gasteiger partial charge in [0.2, 0.25) is 5.91 Å². The molecule has 0 aromatic heterocycles. The van der Waals surface area contributed by atoms with E-state index in [1.54, 1.807) is 30.5 Å². The van der Waals surface area contributed by atoms with Crippen LogP contribution in [0.3, 0.4) is 0 Å². The van der Waals surface area contributed by atoms with Crippen molar-refractivity contribution in [1.82, 2.24) is 5.43 Å². The molecule has 4 nitrogen and oxygen atoms in total. The highest BCUT2D eigenvalue weighted by molar-refractivity contribution is 5.85. The maximum atomic E-state index is 12.0. The Morgan fingerprint density at radius 3 is 2.57 bits per heavy atom. The summed E-state index contributed by atoms with van der Waals surface area (Å²) in [5.41, 5.74) is 4.61. The lowest BCUT2D eigenvalue weighted by Crippen LogP contribution is -2.20. The molecule has 2 aromatic carbocycles. The lowest BCUT2D eigenvalue weighted by molar-refractivity contribution is -0.122. The van der Waals surface area contributed by atoms with Gasteiger partial charge in [0.15, 0.2) is 0 Å². The third-order valence-corrected chi connectivity index (χ3v) is 3.64. The lowest BCUT2D eigenvalue weighted by Gasteiger charge is -2.00. The number of hydrazone groups is 1. The van der Waals surface area contributed by atoms with Gasteiger partial charge in [-0.3, -0.25) is 4.79 Å². The van der Waals surface area contributed by atoms with Crippen molar-refractivity contribution in [2.75, 3.05) is 0 Å². The van der Waals surface area contributed by atoms with E-state index in [1.165, 1.54) is 5.56 Å². The highest BCUT2D eigenvalue weighted by Gasteiger charge is 2.43. The minimum Gasteiger partial charge on any atom is -0.508 e. The topological polar surface area (TPSA) is 61.7 Å². The number of nitrogens with one attached hydrogen (secondary N) is 1. The first-order valence-corrected chi connectivity index (χ1v) is 6.91. The number of carbonyl (C=O) groups is 1. The Hall–Kier alpha value is -2.62. The predicted molar refractivity (Wildman–Crippen MR) is 81.1 cm³/mol. The van der Waals surface area contributed by atoms with Crippen LogP contribution in [0.2, 0.25) is 0 Å². The van der Waals surface area contributed by atoms with Crippen molar-refractivity contribution in [3.63, 3.8) is 0 Å². The maximum Gasteiger partial charge on any atom is 0.243 e. The van der Waals surface area contributed by atoms with Crippen LogP contribution in [0.1, 0.15) is 23.5 Å². The van der Waals surface area contributed by atoms with Crippen LogP contribution in [0.4, 0.5) is 0 Å². The molecule has 1 aliphatic rings. The average Bonchev–Trinajstić information content (AvgIpc) is 3.31. The summed E-state index contributed by atoms with van der Waals surface area (Å²) < 4.78 is 0. The maximum absolute atomic E-state index is 12.0. The number of phenolic OH excluding ortho intramolecular Hbond substituents is 1. The number of carbonyl (C=O) groups excluding carboxylic acids is 1. The normalized spacial score (nSPS) is 20.4. The lowest BCUT2D eigenvalue weighted by atomic mass is 10.1. The number of benzene rings is 2. The van der Waals surface area contributed by atoms with E-state index in [0.717, 1.165) is 12.0 Å². The number of phenols is 1. The molecule has 0 heterocycles. The number of nitrogens with zero attached hydrogens (tertiary/aromatic N) is 1. The second-order valence-electron chi connectivity index (χ2n) is 5.19. The van der Waals surface area contributed by atoms with Crippen molar-refractivity contribution in [1.29, 1.82) is 0 Å². The number of aromatic hydroxyl groups is 1. The Labute approximate surface area is 123 Å². The zero-order valence-electron chi connectivity index (χ0n) is 11.4. The van der Waals surface area contributed by atoms with Gasteiger partial charge in [-0.2, -0.15) is 5.10 Å². The molecule has 21 heavy (non-hydrogen) atoms. The molecule has 0 bridgehead atoms. The van der Waals surface area contributed by atoms with Gasteiger partial charge in [0.1, 0.15) is 5.75 Å². The van der Waals surface area contributed by atoms with E-state index >= 15 is 0 Å². The van der Waals surface area contributed by atoms with Gasteiger partial charge in [-0.15, -0.1) is 0 Å². The Morgan fingerprint density at radius 1 is 1.14 bits per heavy atom. The molecular weight excluding hydrogens is 264 g/mol. The largest absolute Gasteiger partial charge is 0.508 e. The van der Waals surface area contributed by atoms with Gasteiger partial charge in [-0.25, -0.2) is 5.43 Å². The van der Waals surface area contributed by atoms with Crippen LogP contribution in [-0.4, -0.2) is 17.2 Å². The number of amides is 1. The van der Waals surface area contributed by atoms with Crippen molar-refractivity contribution in [2.45, 2.75) is 12.3 Å². The van der Waals surface area contributed by atoms with Crippen molar-refractivity contribution >= 4 is 12.1 Å². The first-order valence-electron chi connectivity index (χ1n) is 6.91. The summed E-state index contributed by atoms with van der Waals surface area (Å²) in [6.45, 7) is 0. The third kappa shape index (κ3) is 3.28. The molecule has 3 rings (SSSR count). The van der Waals surface area contributed by atoms with Crippen LogP contribution in [-0.2, 0) is 4.79 Å². The smallest absolute Gasteiger partial charge is 0.243 e. The molecule has 0 spiro atoms. The minimum absolute atomic E-state index is 0.0179. The first kappa shape index (κ1) is 13.4. The van der Waals surface area contributed by atoms with Crippen LogP contribution in [0.25, 0.3) is 0 Å². The standard InChI is InChI=1S/C17H16N2O2/c20-14-8-6-12(7-9-14)11-18-19-17(21)16-10-15(16)13-4-2-1-3-5-13/h1-9,11,15-16,20H,10H2,(H,19,21)/b18-11+/t15-,16-/m1/s1. The van der Waals surface area contributed by atoms with E-state index in [-0.39, 0.29) is 17.6 Å². The summed E-state index contributed by atoms with van der Waals surface area (Å²) in [7, 11) is 0. The summed E-state index contributed by atoms with van der Waals surface area (Å²) in [5.74, 6) is 0.498. The molecule has 4 heteroatoms. The SMILES string of the molecule is O=C(N/N=C/c1ccc(O)cc1)[C@@H]1C[C@@H]1c1ccccc1. The molecule has 0 radical (unpaired) electrons. The molecule has 1 fully saturated rings. The fourth-order valence-electron chi connectivity index (χ4n) is 2.37. The van der Waals surface area contributed by atoms with Gasteiger partial charge in [-0.05, 0) is 47.7 Å². The Bertz CT molecular complexity index is 650. The molecule has 1 aliphatic carbocycles. The highest BCUT2D eigenvalue weighted by atomic mass is 16.3. The third-order valence-electron chi connectivity index (χ3n) is 3.64.